The van der Waals surface area contributed by atoms with E-state index < -0.39 is 0 Å². The number of benzene rings is 1. The van der Waals surface area contributed by atoms with E-state index in [1.807, 2.05) is 12.1 Å². The van der Waals surface area contributed by atoms with Crippen LogP contribution in [-0.2, 0) is 6.54 Å². The molecule has 0 radical (unpaired) electrons. The van der Waals surface area contributed by atoms with Gasteiger partial charge in [0, 0.05) is 49.6 Å². The van der Waals surface area contributed by atoms with Crippen molar-refractivity contribution < 1.29 is 4.74 Å². The van der Waals surface area contributed by atoms with Gasteiger partial charge in [-0.3, -0.25) is 0 Å². The van der Waals surface area contributed by atoms with Crippen LogP contribution in [0, 0.1) is 0 Å². The average molecular weight is 281 g/mol. The van der Waals surface area contributed by atoms with E-state index in [1.54, 1.807) is 7.11 Å². The van der Waals surface area contributed by atoms with Crippen LogP contribution in [0.15, 0.2) is 36.2 Å². The highest BCUT2D eigenvalue weighted by Crippen LogP contribution is 2.28. The third-order valence-corrected chi connectivity index (χ3v) is 4.36. The molecule has 4 nitrogen and oxygen atoms in total. The summed E-state index contributed by atoms with van der Waals surface area (Å²) in [6.07, 6.45) is 6.84. The van der Waals surface area contributed by atoms with Crippen molar-refractivity contribution in [2.45, 2.75) is 19.4 Å². The summed E-state index contributed by atoms with van der Waals surface area (Å²) in [6, 6.07) is 8.09. The number of hydrogen-bond donors (Lipinski definition) is 0. The summed E-state index contributed by atoms with van der Waals surface area (Å²) < 4.78 is 7.46. The normalized spacial score (nSPS) is 17.0. The number of ether oxygens (including phenoxy) is 1. The summed E-state index contributed by atoms with van der Waals surface area (Å²) in [7, 11) is 1.69. The Morgan fingerprint density at radius 3 is 2.57 bits per heavy atom. The number of likely N-dealkylation sites (tertiary alicyclic amines) is 1. The Kier molecular flexibility index (Phi) is 2.95. The molecule has 0 N–H and O–H groups in total. The van der Waals surface area contributed by atoms with Gasteiger partial charge < -0.3 is 14.2 Å². The molecule has 21 heavy (non-hydrogen) atoms. The Bertz CT molecular complexity index is 681. The van der Waals surface area contributed by atoms with E-state index in [0.29, 0.717) is 0 Å². The van der Waals surface area contributed by atoms with Crippen molar-refractivity contribution in [2.75, 3.05) is 20.2 Å². The number of rotatable bonds is 3. The Morgan fingerprint density at radius 1 is 1.10 bits per heavy atom. The SMILES string of the molecule is COc1ccc(-c2cn3c(n2)C=C(N2CCC2)CC3)cc1. The van der Waals surface area contributed by atoms with Gasteiger partial charge in [-0.2, -0.15) is 0 Å². The van der Waals surface area contributed by atoms with Crippen LogP contribution in [-0.4, -0.2) is 34.7 Å². The molecule has 4 heteroatoms. The Labute approximate surface area is 124 Å². The van der Waals surface area contributed by atoms with Crippen LogP contribution >= 0.6 is 0 Å². The molecule has 0 aliphatic carbocycles. The van der Waals surface area contributed by atoms with Gasteiger partial charge >= 0.3 is 0 Å². The van der Waals surface area contributed by atoms with Crippen molar-refractivity contribution >= 4 is 6.08 Å². The smallest absolute Gasteiger partial charge is 0.135 e. The second-order valence-corrected chi connectivity index (χ2v) is 5.63. The number of hydrogen-bond acceptors (Lipinski definition) is 3. The maximum absolute atomic E-state index is 5.20. The molecule has 2 aromatic rings. The summed E-state index contributed by atoms with van der Waals surface area (Å²) in [4.78, 5) is 7.25. The van der Waals surface area contributed by atoms with Gasteiger partial charge in [0.1, 0.15) is 11.6 Å². The quantitative estimate of drug-likeness (QED) is 0.866. The molecule has 0 bridgehead atoms. The van der Waals surface area contributed by atoms with Crippen molar-refractivity contribution in [3.63, 3.8) is 0 Å². The molecule has 1 aromatic carbocycles. The largest absolute Gasteiger partial charge is 0.497 e. The predicted molar refractivity (Wildman–Crippen MR) is 83.0 cm³/mol. The van der Waals surface area contributed by atoms with Gasteiger partial charge in [0.05, 0.1) is 12.8 Å². The van der Waals surface area contributed by atoms with Gasteiger partial charge in [-0.05, 0) is 30.7 Å². The van der Waals surface area contributed by atoms with Gasteiger partial charge in [0.15, 0.2) is 0 Å². The molecule has 108 valence electrons. The second-order valence-electron chi connectivity index (χ2n) is 5.63. The number of aromatic nitrogens is 2. The Balaban J connectivity index is 1.64. The van der Waals surface area contributed by atoms with E-state index in [0.717, 1.165) is 35.8 Å². The van der Waals surface area contributed by atoms with Crippen LogP contribution in [0.25, 0.3) is 17.3 Å². The maximum Gasteiger partial charge on any atom is 0.135 e. The first-order valence-electron chi connectivity index (χ1n) is 7.50. The van der Waals surface area contributed by atoms with Gasteiger partial charge in [-0.1, -0.05) is 0 Å². The first-order chi connectivity index (χ1) is 10.3. The standard InChI is InChI=1S/C17H19N3O/c1-21-15-5-3-13(4-6-15)16-12-20-10-7-14(11-17(20)18-16)19-8-2-9-19/h3-6,11-12H,2,7-10H2,1H3. The van der Waals surface area contributed by atoms with E-state index in [-0.39, 0.29) is 0 Å². The van der Waals surface area contributed by atoms with Crippen molar-refractivity contribution in [3.8, 4) is 17.0 Å². The lowest BCUT2D eigenvalue weighted by Gasteiger charge is -2.36. The number of fused-ring (bicyclic) bond motifs is 1. The van der Waals surface area contributed by atoms with Gasteiger partial charge in [0.2, 0.25) is 0 Å². The first-order valence-corrected chi connectivity index (χ1v) is 7.50. The van der Waals surface area contributed by atoms with Gasteiger partial charge in [-0.15, -0.1) is 0 Å². The fourth-order valence-electron chi connectivity index (χ4n) is 2.93. The third-order valence-electron chi connectivity index (χ3n) is 4.36. The van der Waals surface area contributed by atoms with Crippen LogP contribution in [0.5, 0.6) is 5.75 Å². The molecule has 1 saturated heterocycles. The zero-order chi connectivity index (χ0) is 14.2. The minimum absolute atomic E-state index is 0.877. The molecule has 3 heterocycles. The molecule has 4 rings (SSSR count). The minimum Gasteiger partial charge on any atom is -0.497 e. The summed E-state index contributed by atoms with van der Waals surface area (Å²) >= 11 is 0. The highest BCUT2D eigenvalue weighted by molar-refractivity contribution is 5.62. The summed E-state index contributed by atoms with van der Waals surface area (Å²) in [5.74, 6) is 1.96. The lowest BCUT2D eigenvalue weighted by molar-refractivity contribution is 0.228. The van der Waals surface area contributed by atoms with Crippen molar-refractivity contribution in [2.24, 2.45) is 0 Å². The van der Waals surface area contributed by atoms with Crippen LogP contribution in [0.2, 0.25) is 0 Å². The van der Waals surface area contributed by atoms with Crippen molar-refractivity contribution in [1.82, 2.24) is 14.5 Å². The molecule has 0 atom stereocenters. The molecule has 0 spiro atoms. The highest BCUT2D eigenvalue weighted by atomic mass is 16.5. The summed E-state index contributed by atoms with van der Waals surface area (Å²) in [6.45, 7) is 3.44. The molecule has 2 aliphatic heterocycles. The molecule has 1 fully saturated rings. The predicted octanol–water partition coefficient (Wildman–Crippen LogP) is 3.01. The zero-order valence-electron chi connectivity index (χ0n) is 12.2. The third kappa shape index (κ3) is 2.20. The van der Waals surface area contributed by atoms with Crippen LogP contribution in [0.1, 0.15) is 18.7 Å². The number of imidazole rings is 1. The Morgan fingerprint density at radius 2 is 1.90 bits per heavy atom. The van der Waals surface area contributed by atoms with Crippen LogP contribution in [0.3, 0.4) is 0 Å². The zero-order valence-corrected chi connectivity index (χ0v) is 12.2. The first kappa shape index (κ1) is 12.5. The van der Waals surface area contributed by atoms with Crippen molar-refractivity contribution in [1.29, 1.82) is 0 Å². The number of nitrogens with zero attached hydrogens (tertiary/aromatic N) is 3. The lowest BCUT2D eigenvalue weighted by Crippen LogP contribution is -2.37. The topological polar surface area (TPSA) is 30.3 Å². The monoisotopic (exact) mass is 281 g/mol. The fourth-order valence-corrected chi connectivity index (χ4v) is 2.93. The second kappa shape index (κ2) is 4.95. The van der Waals surface area contributed by atoms with Crippen molar-refractivity contribution in [3.05, 3.63) is 42.0 Å². The minimum atomic E-state index is 0.877. The molecule has 1 aromatic heterocycles. The maximum atomic E-state index is 5.20. The van der Waals surface area contributed by atoms with E-state index >= 15 is 0 Å². The molecule has 2 aliphatic rings. The molecular weight excluding hydrogens is 262 g/mol. The molecule has 0 unspecified atom stereocenters. The highest BCUT2D eigenvalue weighted by Gasteiger charge is 2.21. The lowest BCUT2D eigenvalue weighted by atomic mass is 10.1. The van der Waals surface area contributed by atoms with Gasteiger partial charge in [0.25, 0.3) is 0 Å². The van der Waals surface area contributed by atoms with E-state index in [2.05, 4.69) is 33.9 Å². The van der Waals surface area contributed by atoms with E-state index in [4.69, 9.17) is 9.72 Å². The van der Waals surface area contributed by atoms with E-state index in [9.17, 15) is 0 Å². The number of allylic oxidation sites excluding steroid dienone is 1. The van der Waals surface area contributed by atoms with Crippen LogP contribution < -0.4 is 4.74 Å². The Hall–Kier alpha value is -2.23. The van der Waals surface area contributed by atoms with Crippen LogP contribution in [0.4, 0.5) is 0 Å². The summed E-state index contributed by atoms with van der Waals surface area (Å²) in [5.41, 5.74) is 3.62. The number of methoxy groups -OCH3 is 1. The molecular formula is C17H19N3O. The average Bonchev–Trinajstić information content (AvgIpc) is 2.89. The summed E-state index contributed by atoms with van der Waals surface area (Å²) in [5, 5.41) is 0. The molecule has 0 saturated carbocycles. The fraction of sp³-hybridized carbons (Fsp3) is 0.353. The number of aryl methyl sites for hydroxylation is 1. The van der Waals surface area contributed by atoms with E-state index in [1.165, 1.54) is 25.2 Å². The molecule has 0 amide bonds. The van der Waals surface area contributed by atoms with Gasteiger partial charge in [-0.25, -0.2) is 4.98 Å².